The fourth-order valence-electron chi connectivity index (χ4n) is 0.894. The zero-order valence-corrected chi connectivity index (χ0v) is 24.7. The molecule has 0 aromatic heterocycles. The Labute approximate surface area is 155 Å². The van der Waals surface area contributed by atoms with E-state index in [1.165, 1.54) is 6.47 Å². The van der Waals surface area contributed by atoms with Crippen molar-refractivity contribution in [1.82, 2.24) is 0 Å². The third kappa shape index (κ3) is 11.4. The molecular formula is C15H23O4ReRfRh-3. The fourth-order valence-corrected chi connectivity index (χ4v) is 0.894. The van der Waals surface area contributed by atoms with Crippen LogP contribution in [0.15, 0.2) is 18.3 Å². The maximum atomic E-state index is 9.57. The van der Waals surface area contributed by atoms with Gasteiger partial charge in [-0.05, 0) is 12.8 Å². The van der Waals surface area contributed by atoms with Crippen molar-refractivity contribution in [2.24, 2.45) is 11.8 Å². The fraction of sp³-hybridized carbons (Fsp3) is 0.600. The van der Waals surface area contributed by atoms with E-state index in [9.17, 15) is 4.79 Å². The molecule has 0 aliphatic carbocycles. The van der Waals surface area contributed by atoms with Crippen molar-refractivity contribution in [2.45, 2.75) is 47.6 Å². The Morgan fingerprint density at radius 3 is 2.00 bits per heavy atom. The summed E-state index contributed by atoms with van der Waals surface area (Å²) in [4.78, 5) is 9.57. The summed E-state index contributed by atoms with van der Waals surface area (Å²) in [6.45, 7) is 16.9. The average molecular weight is 823 g/mol. The van der Waals surface area contributed by atoms with Crippen molar-refractivity contribution in [3.05, 3.63) is 30.5 Å². The van der Waals surface area contributed by atoms with Crippen LogP contribution in [0.5, 0.6) is 0 Å². The van der Waals surface area contributed by atoms with Crippen LogP contribution in [0, 0.1) is 24.0 Å². The Kier molecular flexibility index (Phi) is 19.2. The minimum absolute atomic E-state index is 0. The molecule has 128 valence electrons. The van der Waals surface area contributed by atoms with Gasteiger partial charge in [0.05, 0.1) is 12.0 Å². The van der Waals surface area contributed by atoms with Gasteiger partial charge in [0.1, 0.15) is 0 Å². The van der Waals surface area contributed by atoms with E-state index in [0.717, 1.165) is 5.92 Å². The van der Waals surface area contributed by atoms with Gasteiger partial charge in [-0.1, -0.05) is 39.9 Å². The van der Waals surface area contributed by atoms with Gasteiger partial charge in [-0.3, -0.25) is 0 Å². The second-order valence-electron chi connectivity index (χ2n) is 5.00. The van der Waals surface area contributed by atoms with Crippen LogP contribution in [0.2, 0.25) is 0 Å². The van der Waals surface area contributed by atoms with Gasteiger partial charge < -0.3 is 19.0 Å². The van der Waals surface area contributed by atoms with Crippen molar-refractivity contribution in [3.63, 3.8) is 0 Å². The van der Waals surface area contributed by atoms with Crippen LogP contribution in [0.3, 0.4) is 0 Å². The van der Waals surface area contributed by atoms with E-state index in [4.69, 9.17) is 9.47 Å². The van der Waals surface area contributed by atoms with Crippen LogP contribution in [0.25, 0.3) is 0 Å². The molecule has 1 aliphatic heterocycles. The van der Waals surface area contributed by atoms with Crippen LogP contribution < -0.4 is 0 Å². The number of ether oxygens (including phenoxy) is 3. The molecule has 0 aromatic rings. The third-order valence-electron chi connectivity index (χ3n) is 2.87. The van der Waals surface area contributed by atoms with Crippen molar-refractivity contribution in [3.8, 4) is 0 Å². The van der Waals surface area contributed by atoms with E-state index in [-0.39, 0.29) is 46.0 Å². The van der Waals surface area contributed by atoms with E-state index in [1.54, 1.807) is 0 Å². The molecular weight excluding hydrogens is 800 g/mol. The summed E-state index contributed by atoms with van der Waals surface area (Å²) in [6.07, 6.45) is 2.64. The average Bonchev–Trinajstić information content (AvgIpc) is 2.75. The van der Waals surface area contributed by atoms with Crippen LogP contribution in [0.1, 0.15) is 41.5 Å². The second-order valence-corrected chi connectivity index (χ2v) is 5.00. The Morgan fingerprint density at radius 1 is 1.27 bits per heavy atom. The standard InChI is InChI=1S/C9H12O2.C6H11O2.Re.Rf.Rh/c1-6(2)7(3)9-5-10-8(4)11-9;1-5(2)6(3)8-4-7;;;/h6H,4H2,1-3H3;5-6H,1-3H3;;;/q-2;-1;;;. The van der Waals surface area contributed by atoms with Crippen LogP contribution in [-0.4, -0.2) is 12.6 Å². The molecule has 1 heterocycles. The summed E-state index contributed by atoms with van der Waals surface area (Å²) in [5.41, 5.74) is 0. The zero-order chi connectivity index (χ0) is 15.0. The molecule has 1 rings (SSSR count). The number of carbonyl (C=O) groups excluding carboxylic acids is 1. The molecule has 0 saturated heterocycles. The molecule has 22 heavy (non-hydrogen) atoms. The van der Waals surface area contributed by atoms with Crippen LogP contribution in [0.4, 0.5) is 0 Å². The Hall–Kier alpha value is -1.29. The van der Waals surface area contributed by atoms with E-state index >= 15 is 0 Å². The molecule has 7 heteroatoms. The molecule has 2 radical (unpaired) electrons. The first-order valence-corrected chi connectivity index (χ1v) is 6.32. The van der Waals surface area contributed by atoms with Gasteiger partial charge in [0.2, 0.25) is 0 Å². The Morgan fingerprint density at radius 2 is 1.77 bits per heavy atom. The third-order valence-corrected chi connectivity index (χ3v) is 2.87. The minimum Gasteiger partial charge on any atom is -0.678 e. The molecule has 0 bridgehead atoms. The van der Waals surface area contributed by atoms with Crippen LogP contribution in [-0.2, 0) is 58.9 Å². The zero-order valence-electron chi connectivity index (χ0n) is 14.0. The van der Waals surface area contributed by atoms with E-state index in [0.29, 0.717) is 23.5 Å². The summed E-state index contributed by atoms with van der Waals surface area (Å²) in [7, 11) is 0. The van der Waals surface area contributed by atoms with Crippen LogP contribution >= 0.6 is 0 Å². The molecule has 1 aliphatic rings. The number of allylic oxidation sites excluding steroid dienone is 1. The van der Waals surface area contributed by atoms with Crippen molar-refractivity contribution in [1.29, 1.82) is 0 Å². The molecule has 0 N–H and O–H groups in total. The quantitative estimate of drug-likeness (QED) is 0.315. The maximum absolute atomic E-state index is 9.57. The SMILES string of the molecule is C=C1O[C-]=C([C-](C)C(C)C)O1.CC(C)C(C)O[C-]=O.[Re].[Rf].[Rh]. The molecule has 1 atom stereocenters. The first-order valence-electron chi connectivity index (χ1n) is 6.32. The molecule has 0 amide bonds. The summed E-state index contributed by atoms with van der Waals surface area (Å²) in [5, 5.41) is 0. The van der Waals surface area contributed by atoms with Gasteiger partial charge >= 0.3 is 0 Å². The van der Waals surface area contributed by atoms with E-state index < -0.39 is 0 Å². The van der Waals surface area contributed by atoms with Gasteiger partial charge in [0, 0.05) is 39.9 Å². The smallest absolute Gasteiger partial charge is 0.0590 e. The predicted octanol–water partition coefficient (Wildman–Crippen LogP) is 3.51. The van der Waals surface area contributed by atoms with Gasteiger partial charge in [0.15, 0.2) is 0 Å². The minimum atomic E-state index is -0.00694. The van der Waals surface area contributed by atoms with Crippen molar-refractivity contribution >= 4 is 6.47 Å². The van der Waals surface area contributed by atoms with Crippen molar-refractivity contribution < 1.29 is 58.9 Å². The monoisotopic (exact) mass is 824 g/mol. The number of hydrogen-bond donors (Lipinski definition) is 0. The Bertz CT molecular complexity index is 336. The van der Waals surface area contributed by atoms with Crippen molar-refractivity contribution in [2.75, 3.05) is 0 Å². The van der Waals surface area contributed by atoms with E-state index in [1.807, 2.05) is 27.7 Å². The molecule has 0 saturated carbocycles. The van der Waals surface area contributed by atoms with Gasteiger partial charge in [-0.15, -0.1) is 25.7 Å². The summed E-state index contributed by atoms with van der Waals surface area (Å²) in [5.74, 6) is 2.94. The second kappa shape index (κ2) is 14.6. The van der Waals surface area contributed by atoms with Gasteiger partial charge in [0.25, 0.3) is 0 Å². The first-order chi connectivity index (χ1) is 8.79. The number of hydrogen-bond acceptors (Lipinski definition) is 4. The molecule has 1 unspecified atom stereocenters. The molecule has 4 nitrogen and oxygen atoms in total. The Balaban J connectivity index is -0.000000135. The predicted molar refractivity (Wildman–Crippen MR) is 72.9 cm³/mol. The summed E-state index contributed by atoms with van der Waals surface area (Å²) >= 11 is 0. The van der Waals surface area contributed by atoms with E-state index in [2.05, 4.69) is 31.4 Å². The number of rotatable bonds is 5. The molecule has 0 spiro atoms. The normalized spacial score (nSPS) is 12.9. The largest absolute Gasteiger partial charge is 0.678 e. The first kappa shape index (κ1) is 28.8. The summed E-state index contributed by atoms with van der Waals surface area (Å²) < 4.78 is 14.4. The maximum Gasteiger partial charge on any atom is 0.0590 e. The van der Waals surface area contributed by atoms with Gasteiger partial charge in [-0.25, -0.2) is 5.92 Å². The summed E-state index contributed by atoms with van der Waals surface area (Å²) in [6, 6.07) is 0. The molecule has 0 fully saturated rings. The topological polar surface area (TPSA) is 44.8 Å². The molecule has 0 aromatic carbocycles. The van der Waals surface area contributed by atoms with Gasteiger partial charge in [-0.2, -0.15) is 0 Å².